The van der Waals surface area contributed by atoms with Crippen LogP contribution in [0.25, 0.3) is 0 Å². The Bertz CT molecular complexity index is 859. The fraction of sp³-hybridized carbons (Fsp3) is 0.609. The third-order valence-electron chi connectivity index (χ3n) is 5.32. The average Bonchev–Trinajstić information content (AvgIpc) is 2.91. The maximum absolute atomic E-state index is 12.7. The zero-order valence-electron chi connectivity index (χ0n) is 19.5. The monoisotopic (exact) mass is 501 g/mol. The Morgan fingerprint density at radius 2 is 1.97 bits per heavy atom. The number of rotatable bonds is 7. The van der Waals surface area contributed by atoms with E-state index in [2.05, 4.69) is 10.6 Å². The number of carbonyl (C=O) groups excluding carboxylic acids is 3. The highest BCUT2D eigenvalue weighted by molar-refractivity contribution is 6.42. The van der Waals surface area contributed by atoms with Gasteiger partial charge in [0.15, 0.2) is 0 Å². The highest BCUT2D eigenvalue weighted by atomic mass is 35.5. The van der Waals surface area contributed by atoms with Crippen LogP contribution in [-0.2, 0) is 20.7 Å². The Morgan fingerprint density at radius 3 is 2.61 bits per heavy atom. The van der Waals surface area contributed by atoms with Crippen LogP contribution in [0.4, 0.5) is 4.79 Å². The maximum atomic E-state index is 12.7. The maximum Gasteiger partial charge on any atom is 0.410 e. The second-order valence-electron chi connectivity index (χ2n) is 9.29. The highest BCUT2D eigenvalue weighted by Gasteiger charge is 2.33. The van der Waals surface area contributed by atoms with Crippen molar-refractivity contribution in [3.63, 3.8) is 0 Å². The van der Waals surface area contributed by atoms with Gasteiger partial charge in [0.25, 0.3) is 0 Å². The number of hydrogen-bond donors (Lipinski definition) is 3. The molecule has 1 aliphatic rings. The van der Waals surface area contributed by atoms with Gasteiger partial charge in [0.2, 0.25) is 11.8 Å². The summed E-state index contributed by atoms with van der Waals surface area (Å²) in [5.41, 5.74) is 0.00156. The molecule has 3 amide bonds. The first-order valence-corrected chi connectivity index (χ1v) is 11.8. The van der Waals surface area contributed by atoms with Crippen molar-refractivity contribution in [1.82, 2.24) is 15.5 Å². The Hall–Kier alpha value is -2.03. The number of likely N-dealkylation sites (N-methyl/N-ethyl adjacent to an activating group) is 1. The molecule has 0 saturated carbocycles. The zero-order chi connectivity index (χ0) is 24.8. The first kappa shape index (κ1) is 27.2. The van der Waals surface area contributed by atoms with Crippen LogP contribution in [0.3, 0.4) is 0 Å². The van der Waals surface area contributed by atoms with Crippen LogP contribution in [0, 0.1) is 0 Å². The standard InChI is InChI=1S/C23H33Cl2N3O5/c1-23(2,3)33-22(32)28(4)18(12-14-8-9-15(24)16(25)11-14)19(29)13-20(30)27-17-7-5-6-10-26-21(17)31/h8-9,11,17-19,29H,5-7,10,12-13H2,1-4H3,(H,26,31)(H,27,30)/t17?,18-,19?/m1/s1. The van der Waals surface area contributed by atoms with Crippen LogP contribution < -0.4 is 10.6 Å². The number of nitrogens with one attached hydrogen (secondary N) is 2. The van der Waals surface area contributed by atoms with Gasteiger partial charge in [0.1, 0.15) is 11.6 Å². The summed E-state index contributed by atoms with van der Waals surface area (Å²) in [6, 6.07) is 3.61. The normalized spacial score (nSPS) is 18.5. The fourth-order valence-electron chi connectivity index (χ4n) is 3.56. The summed E-state index contributed by atoms with van der Waals surface area (Å²) in [5.74, 6) is -0.699. The summed E-state index contributed by atoms with van der Waals surface area (Å²) in [4.78, 5) is 38.7. The molecular formula is C23H33Cl2N3O5. The average molecular weight is 502 g/mol. The Labute approximate surface area is 204 Å². The molecule has 0 aliphatic carbocycles. The van der Waals surface area contributed by atoms with E-state index in [0.717, 1.165) is 18.4 Å². The van der Waals surface area contributed by atoms with Gasteiger partial charge >= 0.3 is 6.09 Å². The molecule has 1 aliphatic heterocycles. The molecule has 1 aromatic rings. The smallest absolute Gasteiger partial charge is 0.410 e. The first-order chi connectivity index (χ1) is 15.4. The molecule has 3 N–H and O–H groups in total. The van der Waals surface area contributed by atoms with Crippen molar-refractivity contribution in [2.75, 3.05) is 13.6 Å². The summed E-state index contributed by atoms with van der Waals surface area (Å²) in [7, 11) is 1.51. The summed E-state index contributed by atoms with van der Waals surface area (Å²) < 4.78 is 5.44. The van der Waals surface area contributed by atoms with E-state index in [-0.39, 0.29) is 18.7 Å². The van der Waals surface area contributed by atoms with Gasteiger partial charge in [-0.1, -0.05) is 29.3 Å². The van der Waals surface area contributed by atoms with Crippen molar-refractivity contribution in [1.29, 1.82) is 0 Å². The van der Waals surface area contributed by atoms with Gasteiger partial charge in [-0.2, -0.15) is 0 Å². The molecule has 1 fully saturated rings. The van der Waals surface area contributed by atoms with Crippen LogP contribution in [0.2, 0.25) is 10.0 Å². The Balaban J connectivity index is 2.15. The van der Waals surface area contributed by atoms with Crippen molar-refractivity contribution in [3.05, 3.63) is 33.8 Å². The molecule has 3 atom stereocenters. The molecule has 0 bridgehead atoms. The predicted molar refractivity (Wildman–Crippen MR) is 127 cm³/mol. The molecule has 2 unspecified atom stereocenters. The number of benzene rings is 1. The quantitative estimate of drug-likeness (QED) is 0.531. The number of halogens is 2. The third-order valence-corrected chi connectivity index (χ3v) is 6.06. The number of carbonyl (C=O) groups is 3. The minimum Gasteiger partial charge on any atom is -0.444 e. The van der Waals surface area contributed by atoms with Gasteiger partial charge in [-0.3, -0.25) is 9.59 Å². The lowest BCUT2D eigenvalue weighted by Gasteiger charge is -2.33. The number of aliphatic hydroxyl groups is 1. The molecule has 33 heavy (non-hydrogen) atoms. The SMILES string of the molecule is CN(C(=O)OC(C)(C)C)[C@H](Cc1ccc(Cl)c(Cl)c1)C(O)CC(=O)NC1CCCCNC1=O. The van der Waals surface area contributed by atoms with Gasteiger partial charge in [0, 0.05) is 13.6 Å². The van der Waals surface area contributed by atoms with Gasteiger partial charge in [-0.25, -0.2) is 4.79 Å². The predicted octanol–water partition coefficient (Wildman–Crippen LogP) is 3.31. The van der Waals surface area contributed by atoms with E-state index in [0.29, 0.717) is 23.0 Å². The molecule has 184 valence electrons. The molecule has 10 heteroatoms. The summed E-state index contributed by atoms with van der Waals surface area (Å²) >= 11 is 12.1. The van der Waals surface area contributed by atoms with E-state index in [1.54, 1.807) is 39.0 Å². The number of amides is 3. The summed E-state index contributed by atoms with van der Waals surface area (Å²) in [6.07, 6.45) is 0.285. The van der Waals surface area contributed by atoms with E-state index >= 15 is 0 Å². The lowest BCUT2D eigenvalue weighted by molar-refractivity contribution is -0.130. The van der Waals surface area contributed by atoms with Crippen LogP contribution >= 0.6 is 23.2 Å². The fourth-order valence-corrected chi connectivity index (χ4v) is 3.89. The van der Waals surface area contributed by atoms with Gasteiger partial charge < -0.3 is 25.4 Å². The first-order valence-electron chi connectivity index (χ1n) is 11.0. The van der Waals surface area contributed by atoms with Crippen LogP contribution in [-0.4, -0.2) is 65.3 Å². The Kier molecular flexibility index (Phi) is 9.82. The zero-order valence-corrected chi connectivity index (χ0v) is 21.0. The van der Waals surface area contributed by atoms with E-state index < -0.39 is 35.8 Å². The second kappa shape index (κ2) is 11.9. The van der Waals surface area contributed by atoms with Crippen LogP contribution in [0.15, 0.2) is 18.2 Å². The minimum atomic E-state index is -1.22. The lowest BCUT2D eigenvalue weighted by atomic mass is 9.97. The summed E-state index contributed by atoms with van der Waals surface area (Å²) in [5, 5.41) is 17.2. The number of hydrogen-bond acceptors (Lipinski definition) is 5. The topological polar surface area (TPSA) is 108 Å². The molecule has 0 radical (unpaired) electrons. The van der Waals surface area contributed by atoms with Gasteiger partial charge in [-0.05, 0) is 64.2 Å². The van der Waals surface area contributed by atoms with Crippen molar-refractivity contribution < 1.29 is 24.2 Å². The summed E-state index contributed by atoms with van der Waals surface area (Å²) in [6.45, 7) is 5.82. The molecule has 1 aromatic carbocycles. The Morgan fingerprint density at radius 1 is 1.27 bits per heavy atom. The molecule has 1 saturated heterocycles. The van der Waals surface area contributed by atoms with Gasteiger partial charge in [0.05, 0.1) is 28.6 Å². The lowest BCUT2D eigenvalue weighted by Crippen LogP contribution is -2.51. The largest absolute Gasteiger partial charge is 0.444 e. The third kappa shape index (κ3) is 8.68. The molecule has 8 nitrogen and oxygen atoms in total. The van der Waals surface area contributed by atoms with Crippen LogP contribution in [0.5, 0.6) is 0 Å². The van der Waals surface area contributed by atoms with E-state index in [9.17, 15) is 19.5 Å². The van der Waals surface area contributed by atoms with Crippen molar-refractivity contribution in [2.24, 2.45) is 0 Å². The molecule has 0 aromatic heterocycles. The van der Waals surface area contributed by atoms with E-state index in [1.807, 2.05) is 0 Å². The minimum absolute atomic E-state index is 0.213. The number of aliphatic hydroxyl groups excluding tert-OH is 1. The van der Waals surface area contributed by atoms with Crippen LogP contribution in [0.1, 0.15) is 52.0 Å². The van der Waals surface area contributed by atoms with E-state index in [1.165, 1.54) is 11.9 Å². The van der Waals surface area contributed by atoms with Crippen molar-refractivity contribution >= 4 is 41.1 Å². The second-order valence-corrected chi connectivity index (χ2v) is 10.1. The molecule has 1 heterocycles. The van der Waals surface area contributed by atoms with Crippen molar-refractivity contribution in [2.45, 2.75) is 76.7 Å². The van der Waals surface area contributed by atoms with Gasteiger partial charge in [-0.15, -0.1) is 0 Å². The molecular weight excluding hydrogens is 469 g/mol. The van der Waals surface area contributed by atoms with E-state index in [4.69, 9.17) is 27.9 Å². The van der Waals surface area contributed by atoms with Crippen molar-refractivity contribution in [3.8, 4) is 0 Å². The molecule has 0 spiro atoms. The molecule has 2 rings (SSSR count). The highest BCUT2D eigenvalue weighted by Crippen LogP contribution is 2.25. The number of ether oxygens (including phenoxy) is 1. The number of nitrogens with zero attached hydrogens (tertiary/aromatic N) is 1.